The first-order valence-electron chi connectivity index (χ1n) is 11.4. The van der Waals surface area contributed by atoms with Crippen molar-refractivity contribution in [3.8, 4) is 0 Å². The van der Waals surface area contributed by atoms with Crippen molar-refractivity contribution in [3.05, 3.63) is 64.6 Å². The van der Waals surface area contributed by atoms with E-state index in [0.29, 0.717) is 12.0 Å². The summed E-state index contributed by atoms with van der Waals surface area (Å²) in [5, 5.41) is 0. The fraction of sp³-hybridized carbons (Fsp3) is 0.417. The van der Waals surface area contributed by atoms with Crippen molar-refractivity contribution >= 4 is 27.0 Å². The first-order chi connectivity index (χ1) is 15.9. The van der Waals surface area contributed by atoms with Crippen LogP contribution in [0.25, 0.3) is 11.1 Å². The quantitative estimate of drug-likeness (QED) is 0.550. The molecule has 0 spiro atoms. The molecule has 1 amide bonds. The third kappa shape index (κ3) is 3.79. The van der Waals surface area contributed by atoms with Crippen LogP contribution in [-0.2, 0) is 10.0 Å². The van der Waals surface area contributed by atoms with Gasteiger partial charge in [0.05, 0.1) is 11.1 Å². The standard InChI is InChI=1S/C24H27N3O5S/c1-17(7-6-14-26-23(28)19-8-2-5-11-22(19)33(26,30)31)25-15-12-18(13-16-25)27-20-9-3-4-10-21(20)32-24(27)29/h2-5,8-11,17-18H,6-7,12-16H2,1H3. The van der Waals surface area contributed by atoms with E-state index in [1.807, 2.05) is 24.3 Å². The van der Waals surface area contributed by atoms with Gasteiger partial charge in [0.2, 0.25) is 0 Å². The molecule has 1 atom stereocenters. The normalized spacial score (nSPS) is 19.8. The van der Waals surface area contributed by atoms with Crippen LogP contribution < -0.4 is 5.76 Å². The number of fused-ring (bicyclic) bond motifs is 2. The Hall–Kier alpha value is -2.91. The third-order valence-corrected chi connectivity index (χ3v) is 8.74. The highest BCUT2D eigenvalue weighted by molar-refractivity contribution is 7.90. The highest BCUT2D eigenvalue weighted by Gasteiger charge is 2.40. The number of sulfonamides is 1. The minimum atomic E-state index is -3.74. The molecule has 3 aromatic rings. The molecule has 0 radical (unpaired) electrons. The molecule has 1 unspecified atom stereocenters. The average Bonchev–Trinajstić information content (AvgIpc) is 3.25. The fourth-order valence-corrected chi connectivity index (χ4v) is 6.69. The molecular weight excluding hydrogens is 442 g/mol. The summed E-state index contributed by atoms with van der Waals surface area (Å²) in [6.45, 7) is 4.02. The van der Waals surface area contributed by atoms with Crippen molar-refractivity contribution in [3.63, 3.8) is 0 Å². The van der Waals surface area contributed by atoms with Gasteiger partial charge in [0.1, 0.15) is 4.90 Å². The van der Waals surface area contributed by atoms with E-state index in [9.17, 15) is 18.0 Å². The number of hydrogen-bond acceptors (Lipinski definition) is 6. The summed E-state index contributed by atoms with van der Waals surface area (Å²) in [4.78, 5) is 27.4. The van der Waals surface area contributed by atoms with Crippen LogP contribution >= 0.6 is 0 Å². The third-order valence-electron chi connectivity index (χ3n) is 6.90. The molecule has 1 aromatic heterocycles. The van der Waals surface area contributed by atoms with Gasteiger partial charge in [-0.25, -0.2) is 17.5 Å². The number of nitrogens with zero attached hydrogens (tertiary/aromatic N) is 3. The summed E-state index contributed by atoms with van der Waals surface area (Å²) in [5.74, 6) is -0.739. The van der Waals surface area contributed by atoms with Gasteiger partial charge in [-0.1, -0.05) is 24.3 Å². The lowest BCUT2D eigenvalue weighted by Crippen LogP contribution is -2.42. The van der Waals surface area contributed by atoms with Gasteiger partial charge in [-0.05, 0) is 56.9 Å². The smallest absolute Gasteiger partial charge is 0.408 e. The molecule has 2 aliphatic heterocycles. The van der Waals surface area contributed by atoms with Crippen LogP contribution in [0.3, 0.4) is 0 Å². The molecule has 3 heterocycles. The van der Waals surface area contributed by atoms with Gasteiger partial charge >= 0.3 is 5.76 Å². The molecule has 2 aliphatic rings. The van der Waals surface area contributed by atoms with Crippen molar-refractivity contribution in [1.29, 1.82) is 0 Å². The Morgan fingerprint density at radius 2 is 1.73 bits per heavy atom. The molecule has 1 saturated heterocycles. The van der Waals surface area contributed by atoms with Gasteiger partial charge in [-0.15, -0.1) is 0 Å². The molecule has 5 rings (SSSR count). The summed E-state index contributed by atoms with van der Waals surface area (Å²) in [5.41, 5.74) is 1.72. The van der Waals surface area contributed by atoms with Crippen LogP contribution in [0.5, 0.6) is 0 Å². The number of piperidine rings is 1. The zero-order chi connectivity index (χ0) is 23.2. The Bertz CT molecular complexity index is 1350. The molecule has 9 heteroatoms. The lowest BCUT2D eigenvalue weighted by Gasteiger charge is -2.36. The van der Waals surface area contributed by atoms with Crippen LogP contribution in [0.2, 0.25) is 0 Å². The number of likely N-dealkylation sites (tertiary alicyclic amines) is 1. The van der Waals surface area contributed by atoms with E-state index in [2.05, 4.69) is 11.8 Å². The van der Waals surface area contributed by atoms with Gasteiger partial charge in [-0.2, -0.15) is 0 Å². The molecule has 8 nitrogen and oxygen atoms in total. The second-order valence-electron chi connectivity index (χ2n) is 8.84. The number of para-hydroxylation sites is 2. The Kier molecular flexibility index (Phi) is 5.62. The van der Waals surface area contributed by atoms with Crippen LogP contribution in [0.4, 0.5) is 0 Å². The second kappa shape index (κ2) is 8.46. The molecular formula is C24H27N3O5S. The van der Waals surface area contributed by atoms with Gasteiger partial charge < -0.3 is 9.32 Å². The Labute approximate surface area is 192 Å². The molecule has 174 valence electrons. The van der Waals surface area contributed by atoms with Crippen LogP contribution in [0.1, 0.15) is 49.0 Å². The van der Waals surface area contributed by atoms with E-state index in [0.717, 1.165) is 42.2 Å². The Morgan fingerprint density at radius 1 is 1.03 bits per heavy atom. The minimum Gasteiger partial charge on any atom is -0.408 e. The molecule has 0 aliphatic carbocycles. The van der Waals surface area contributed by atoms with Gasteiger partial charge in [0.15, 0.2) is 5.58 Å². The number of aromatic nitrogens is 1. The maximum Gasteiger partial charge on any atom is 0.420 e. The SMILES string of the molecule is CC(CCCN1C(=O)c2ccccc2S1(=O)=O)N1CCC(n2c(=O)oc3ccccc32)CC1. The molecule has 0 bridgehead atoms. The van der Waals surface area contributed by atoms with E-state index < -0.39 is 15.9 Å². The van der Waals surface area contributed by atoms with Gasteiger partial charge in [0.25, 0.3) is 15.9 Å². The van der Waals surface area contributed by atoms with Crippen molar-refractivity contribution < 1.29 is 17.6 Å². The maximum atomic E-state index is 12.7. The maximum absolute atomic E-state index is 12.7. The summed E-state index contributed by atoms with van der Waals surface area (Å²) in [6.07, 6.45) is 3.09. The van der Waals surface area contributed by atoms with Crippen LogP contribution in [-0.4, -0.2) is 53.8 Å². The van der Waals surface area contributed by atoms with Crippen molar-refractivity contribution in [1.82, 2.24) is 13.8 Å². The number of hydrogen-bond donors (Lipinski definition) is 0. The second-order valence-corrected chi connectivity index (χ2v) is 10.7. The monoisotopic (exact) mass is 469 g/mol. The number of oxazole rings is 1. The zero-order valence-electron chi connectivity index (χ0n) is 18.5. The predicted molar refractivity (Wildman–Crippen MR) is 124 cm³/mol. The number of carbonyl (C=O) groups is 1. The van der Waals surface area contributed by atoms with Crippen molar-refractivity contribution in [2.75, 3.05) is 19.6 Å². The lowest BCUT2D eigenvalue weighted by molar-refractivity contribution is 0.0863. The summed E-state index contributed by atoms with van der Waals surface area (Å²) in [7, 11) is -3.74. The molecule has 2 aromatic carbocycles. The molecule has 33 heavy (non-hydrogen) atoms. The molecule has 0 N–H and O–H groups in total. The van der Waals surface area contributed by atoms with Crippen LogP contribution in [0.15, 0.2) is 62.6 Å². The highest BCUT2D eigenvalue weighted by atomic mass is 32.2. The van der Waals surface area contributed by atoms with Crippen molar-refractivity contribution in [2.24, 2.45) is 0 Å². The average molecular weight is 470 g/mol. The summed E-state index contributed by atoms with van der Waals surface area (Å²) < 4.78 is 33.6. The van der Waals surface area contributed by atoms with Gasteiger partial charge in [-0.3, -0.25) is 9.36 Å². The van der Waals surface area contributed by atoms with E-state index >= 15 is 0 Å². The zero-order valence-corrected chi connectivity index (χ0v) is 19.3. The first kappa shape index (κ1) is 21.9. The van der Waals surface area contributed by atoms with E-state index in [1.54, 1.807) is 22.8 Å². The van der Waals surface area contributed by atoms with E-state index in [4.69, 9.17) is 4.42 Å². The number of amides is 1. The molecule has 1 fully saturated rings. The minimum absolute atomic E-state index is 0.104. The van der Waals surface area contributed by atoms with Gasteiger partial charge in [0, 0.05) is 31.7 Å². The summed E-state index contributed by atoms with van der Waals surface area (Å²) >= 11 is 0. The Morgan fingerprint density at radius 3 is 2.48 bits per heavy atom. The van der Waals surface area contributed by atoms with Crippen molar-refractivity contribution in [2.45, 2.75) is 49.6 Å². The number of benzene rings is 2. The highest BCUT2D eigenvalue weighted by Crippen LogP contribution is 2.31. The number of rotatable bonds is 6. The predicted octanol–water partition coefficient (Wildman–Crippen LogP) is 3.24. The first-order valence-corrected chi connectivity index (χ1v) is 12.8. The summed E-state index contributed by atoms with van der Waals surface area (Å²) in [6, 6.07) is 14.2. The number of carbonyl (C=O) groups excluding carboxylic acids is 1. The molecule has 0 saturated carbocycles. The topological polar surface area (TPSA) is 92.8 Å². The van der Waals surface area contributed by atoms with E-state index in [-0.39, 0.29) is 34.8 Å². The fourth-order valence-electron chi connectivity index (χ4n) is 5.08. The Balaban J connectivity index is 1.16. The lowest BCUT2D eigenvalue weighted by atomic mass is 10.0. The largest absolute Gasteiger partial charge is 0.420 e. The van der Waals surface area contributed by atoms with E-state index in [1.165, 1.54) is 6.07 Å². The van der Waals surface area contributed by atoms with Crippen LogP contribution in [0, 0.1) is 0 Å².